The van der Waals surface area contributed by atoms with Crippen molar-refractivity contribution in [3.05, 3.63) is 35.6 Å². The summed E-state index contributed by atoms with van der Waals surface area (Å²) in [5.41, 5.74) is -0.164. The monoisotopic (exact) mass is 279 g/mol. The van der Waals surface area contributed by atoms with Crippen LogP contribution < -0.4 is 0 Å². The summed E-state index contributed by atoms with van der Waals surface area (Å²) in [5, 5.41) is 8.68. The number of rotatable bonds is 4. The van der Waals surface area contributed by atoms with Crippen LogP contribution in [0.2, 0.25) is 0 Å². The number of benzene rings is 1. The van der Waals surface area contributed by atoms with Crippen molar-refractivity contribution in [3.8, 4) is 0 Å². The molecule has 1 N–H and O–H groups in total. The zero-order valence-corrected chi connectivity index (χ0v) is 10.7. The summed E-state index contributed by atoms with van der Waals surface area (Å²) in [6, 6.07) is 4.98. The molecule has 6 heteroatoms. The molecule has 0 spiro atoms. The Bertz CT molecular complexity index is 558. The Labute approximate surface area is 115 Å². The van der Waals surface area contributed by atoms with E-state index < -0.39 is 23.7 Å². The van der Waals surface area contributed by atoms with Gasteiger partial charge in [-0.2, -0.15) is 0 Å². The highest BCUT2D eigenvalue weighted by Crippen LogP contribution is 2.25. The SMILES string of the molecule is O=C(O)CCC1CCC(=O)N1C(=O)c1ccccc1F. The van der Waals surface area contributed by atoms with E-state index in [1.54, 1.807) is 0 Å². The lowest BCUT2D eigenvalue weighted by Crippen LogP contribution is -2.39. The molecule has 0 bridgehead atoms. The number of carbonyl (C=O) groups excluding carboxylic acids is 2. The Morgan fingerprint density at radius 1 is 1.35 bits per heavy atom. The van der Waals surface area contributed by atoms with Gasteiger partial charge in [0.05, 0.1) is 5.56 Å². The van der Waals surface area contributed by atoms with Crippen molar-refractivity contribution in [3.63, 3.8) is 0 Å². The number of amides is 2. The van der Waals surface area contributed by atoms with Crippen molar-refractivity contribution in [2.24, 2.45) is 0 Å². The van der Waals surface area contributed by atoms with E-state index in [2.05, 4.69) is 0 Å². The van der Waals surface area contributed by atoms with Crippen molar-refractivity contribution in [1.82, 2.24) is 4.90 Å². The number of imide groups is 1. The summed E-state index contributed by atoms with van der Waals surface area (Å²) in [4.78, 5) is 35.6. The lowest BCUT2D eigenvalue weighted by atomic mass is 10.1. The summed E-state index contributed by atoms with van der Waals surface area (Å²) < 4.78 is 13.6. The second kappa shape index (κ2) is 5.81. The van der Waals surface area contributed by atoms with Gasteiger partial charge in [-0.25, -0.2) is 4.39 Å². The van der Waals surface area contributed by atoms with Crippen LogP contribution in [0.5, 0.6) is 0 Å². The zero-order chi connectivity index (χ0) is 14.7. The van der Waals surface area contributed by atoms with E-state index in [9.17, 15) is 18.8 Å². The van der Waals surface area contributed by atoms with Gasteiger partial charge >= 0.3 is 5.97 Å². The van der Waals surface area contributed by atoms with E-state index >= 15 is 0 Å². The van der Waals surface area contributed by atoms with Crippen LogP contribution in [0, 0.1) is 5.82 Å². The first kappa shape index (κ1) is 14.2. The molecule has 1 unspecified atom stereocenters. The van der Waals surface area contributed by atoms with E-state index in [4.69, 9.17) is 5.11 Å². The van der Waals surface area contributed by atoms with Gasteiger partial charge < -0.3 is 5.11 Å². The molecule has 0 aromatic heterocycles. The number of aliphatic carboxylic acids is 1. The number of likely N-dealkylation sites (tertiary alicyclic amines) is 1. The van der Waals surface area contributed by atoms with Crippen molar-refractivity contribution in [2.45, 2.75) is 31.7 Å². The van der Waals surface area contributed by atoms with Crippen molar-refractivity contribution < 1.29 is 23.9 Å². The average Bonchev–Trinajstić information content (AvgIpc) is 2.77. The molecule has 2 amide bonds. The molecule has 2 rings (SSSR count). The number of hydrogen-bond acceptors (Lipinski definition) is 3. The van der Waals surface area contributed by atoms with Gasteiger partial charge in [-0.1, -0.05) is 12.1 Å². The predicted octanol–water partition coefficient (Wildman–Crippen LogP) is 1.82. The minimum atomic E-state index is -0.984. The molecule has 0 radical (unpaired) electrons. The first-order chi connectivity index (χ1) is 9.50. The molecule has 1 aliphatic rings. The Morgan fingerprint density at radius 3 is 2.70 bits per heavy atom. The van der Waals surface area contributed by atoms with Gasteiger partial charge in [-0.3, -0.25) is 19.3 Å². The van der Waals surface area contributed by atoms with Gasteiger partial charge in [0.1, 0.15) is 5.82 Å². The van der Waals surface area contributed by atoms with Gasteiger partial charge in [0.25, 0.3) is 5.91 Å². The Morgan fingerprint density at radius 2 is 2.05 bits per heavy atom. The maximum Gasteiger partial charge on any atom is 0.303 e. The minimum absolute atomic E-state index is 0.126. The van der Waals surface area contributed by atoms with Crippen molar-refractivity contribution in [1.29, 1.82) is 0 Å². The normalized spacial score (nSPS) is 18.4. The molecule has 1 aromatic carbocycles. The number of carboxylic acids is 1. The minimum Gasteiger partial charge on any atom is -0.481 e. The molecule has 106 valence electrons. The van der Waals surface area contributed by atoms with Crippen LogP contribution in [0.1, 0.15) is 36.0 Å². The molecule has 5 nitrogen and oxygen atoms in total. The number of carboxylic acid groups (broad SMARTS) is 1. The molecule has 1 atom stereocenters. The highest BCUT2D eigenvalue weighted by molar-refractivity contribution is 6.06. The lowest BCUT2D eigenvalue weighted by Gasteiger charge is -2.22. The van der Waals surface area contributed by atoms with Gasteiger partial charge in [-0.15, -0.1) is 0 Å². The van der Waals surface area contributed by atoms with E-state index in [-0.39, 0.29) is 30.7 Å². The molecule has 1 aliphatic heterocycles. The molecular formula is C14H14FNO4. The largest absolute Gasteiger partial charge is 0.481 e. The summed E-state index contributed by atoms with van der Waals surface area (Å²) >= 11 is 0. The van der Waals surface area contributed by atoms with Crippen LogP contribution in [0.25, 0.3) is 0 Å². The van der Waals surface area contributed by atoms with Crippen LogP contribution >= 0.6 is 0 Å². The molecule has 0 saturated carbocycles. The predicted molar refractivity (Wildman–Crippen MR) is 67.5 cm³/mol. The van der Waals surface area contributed by atoms with Gasteiger partial charge in [-0.05, 0) is 25.0 Å². The number of hydrogen-bond donors (Lipinski definition) is 1. The second-order valence-electron chi connectivity index (χ2n) is 4.67. The van der Waals surface area contributed by atoms with Gasteiger partial charge in [0, 0.05) is 18.9 Å². The van der Waals surface area contributed by atoms with Gasteiger partial charge in [0.2, 0.25) is 5.91 Å². The maximum atomic E-state index is 13.6. The number of carbonyl (C=O) groups is 3. The third-order valence-electron chi connectivity index (χ3n) is 3.34. The third kappa shape index (κ3) is 2.84. The average molecular weight is 279 g/mol. The number of nitrogens with zero attached hydrogens (tertiary/aromatic N) is 1. The molecule has 1 fully saturated rings. The fourth-order valence-electron chi connectivity index (χ4n) is 2.35. The van der Waals surface area contributed by atoms with Gasteiger partial charge in [0.15, 0.2) is 0 Å². The molecule has 20 heavy (non-hydrogen) atoms. The Kier molecular flexibility index (Phi) is 4.12. The maximum absolute atomic E-state index is 13.6. The van der Waals surface area contributed by atoms with E-state index in [1.807, 2.05) is 0 Å². The van der Waals surface area contributed by atoms with Crippen LogP contribution in [0.15, 0.2) is 24.3 Å². The Balaban J connectivity index is 2.19. The zero-order valence-electron chi connectivity index (χ0n) is 10.7. The molecular weight excluding hydrogens is 265 g/mol. The molecule has 1 aromatic rings. The Hall–Kier alpha value is -2.24. The molecule has 1 heterocycles. The molecule has 1 saturated heterocycles. The fourth-order valence-corrected chi connectivity index (χ4v) is 2.35. The van der Waals surface area contributed by atoms with Crippen LogP contribution in [-0.4, -0.2) is 33.8 Å². The highest BCUT2D eigenvalue weighted by atomic mass is 19.1. The second-order valence-corrected chi connectivity index (χ2v) is 4.67. The van der Waals surface area contributed by atoms with Crippen LogP contribution in [0.4, 0.5) is 4.39 Å². The lowest BCUT2D eigenvalue weighted by molar-refractivity contribution is -0.137. The topological polar surface area (TPSA) is 74.7 Å². The van der Waals surface area contributed by atoms with Crippen molar-refractivity contribution in [2.75, 3.05) is 0 Å². The standard InChI is InChI=1S/C14H14FNO4/c15-11-4-2-1-3-10(11)14(20)16-9(5-7-12(16)17)6-8-13(18)19/h1-4,9H,5-8H2,(H,18,19). The molecule has 0 aliphatic carbocycles. The van der Waals surface area contributed by atoms with Crippen LogP contribution in [-0.2, 0) is 9.59 Å². The van der Waals surface area contributed by atoms with E-state index in [1.165, 1.54) is 18.2 Å². The highest BCUT2D eigenvalue weighted by Gasteiger charge is 2.36. The summed E-state index contributed by atoms with van der Waals surface area (Å²) in [6.45, 7) is 0. The summed E-state index contributed by atoms with van der Waals surface area (Å²) in [5.74, 6) is -2.74. The first-order valence-corrected chi connectivity index (χ1v) is 6.33. The van der Waals surface area contributed by atoms with E-state index in [0.29, 0.717) is 6.42 Å². The summed E-state index contributed by atoms with van der Waals surface area (Å²) in [7, 11) is 0. The summed E-state index contributed by atoms with van der Waals surface area (Å²) in [6.07, 6.45) is 0.678. The third-order valence-corrected chi connectivity index (χ3v) is 3.34. The van der Waals surface area contributed by atoms with E-state index in [0.717, 1.165) is 11.0 Å². The van der Waals surface area contributed by atoms with Crippen LogP contribution in [0.3, 0.4) is 0 Å². The number of halogens is 1. The van der Waals surface area contributed by atoms with Crippen molar-refractivity contribution >= 4 is 17.8 Å². The fraction of sp³-hybridized carbons (Fsp3) is 0.357. The first-order valence-electron chi connectivity index (χ1n) is 6.33. The smallest absolute Gasteiger partial charge is 0.303 e. The quantitative estimate of drug-likeness (QED) is 0.853.